The van der Waals surface area contributed by atoms with Crippen LogP contribution in [0.5, 0.6) is 5.75 Å². The highest BCUT2D eigenvalue weighted by Gasteiger charge is 2.16. The van der Waals surface area contributed by atoms with E-state index in [9.17, 15) is 4.79 Å². The number of thiazole rings is 1. The number of aryl methyl sites for hydroxylation is 4. The van der Waals surface area contributed by atoms with Crippen molar-refractivity contribution < 1.29 is 9.53 Å². The highest BCUT2D eigenvalue weighted by molar-refractivity contribution is 7.99. The van der Waals surface area contributed by atoms with Crippen LogP contribution < -0.4 is 10.1 Å². The van der Waals surface area contributed by atoms with E-state index >= 15 is 0 Å². The van der Waals surface area contributed by atoms with Crippen LogP contribution in [0.15, 0.2) is 59.6 Å². The Bertz CT molecular complexity index is 1370. The van der Waals surface area contributed by atoms with Gasteiger partial charge in [-0.1, -0.05) is 54.6 Å². The molecule has 4 aromatic rings. The first kappa shape index (κ1) is 26.6. The zero-order valence-electron chi connectivity index (χ0n) is 21.6. The fourth-order valence-electron chi connectivity index (χ4n) is 4.13. The molecule has 9 heteroatoms. The number of carbonyl (C=O) groups is 1. The summed E-state index contributed by atoms with van der Waals surface area (Å²) in [7, 11) is 0. The fourth-order valence-corrected chi connectivity index (χ4v) is 5.61. The maximum atomic E-state index is 12.7. The molecule has 0 atom stereocenters. The summed E-state index contributed by atoms with van der Waals surface area (Å²) >= 11 is 2.75. The van der Waals surface area contributed by atoms with Crippen molar-refractivity contribution in [2.24, 2.45) is 0 Å². The first-order valence-electron chi connectivity index (χ1n) is 12.1. The van der Waals surface area contributed by atoms with Crippen molar-refractivity contribution in [1.29, 1.82) is 0 Å². The number of hydrogen-bond acceptors (Lipinski definition) is 7. The number of allylic oxidation sites excluding steroid dienone is 1. The second-order valence-electron chi connectivity index (χ2n) is 8.73. The van der Waals surface area contributed by atoms with Gasteiger partial charge < -0.3 is 10.1 Å². The second kappa shape index (κ2) is 12.2. The minimum absolute atomic E-state index is 0.148. The standard InChI is InChI=1S/C28H31N5O2S2/c1-6-12-33-24(15-35-22-10-8-21(7-2)9-11-22)31-32-28(33)37-17-25(34)30-27-29-23(16-36-27)26-19(4)13-18(3)14-20(26)5/h6,8-11,13-14,16H,1,7,12,15,17H2,2-5H3,(H,29,30,34). The number of nitrogens with one attached hydrogen (secondary N) is 1. The fraction of sp³-hybridized carbons (Fsp3) is 0.286. The molecule has 1 N–H and O–H groups in total. The molecule has 0 aliphatic rings. The van der Waals surface area contributed by atoms with Gasteiger partial charge >= 0.3 is 0 Å². The van der Waals surface area contributed by atoms with E-state index < -0.39 is 0 Å². The number of anilines is 1. The van der Waals surface area contributed by atoms with E-state index in [1.54, 1.807) is 6.08 Å². The summed E-state index contributed by atoms with van der Waals surface area (Å²) in [6, 6.07) is 12.3. The van der Waals surface area contributed by atoms with Gasteiger partial charge in [-0.2, -0.15) is 0 Å². The molecule has 2 aromatic heterocycles. The molecule has 1 amide bonds. The molecular formula is C28H31N5O2S2. The molecule has 0 radical (unpaired) electrons. The third-order valence-electron chi connectivity index (χ3n) is 5.82. The molecule has 0 spiro atoms. The molecule has 0 unspecified atom stereocenters. The lowest BCUT2D eigenvalue weighted by Crippen LogP contribution is -2.15. The van der Waals surface area contributed by atoms with Crippen LogP contribution in [0.4, 0.5) is 5.13 Å². The average Bonchev–Trinajstić information content (AvgIpc) is 3.48. The monoisotopic (exact) mass is 533 g/mol. The lowest BCUT2D eigenvalue weighted by Gasteiger charge is -2.09. The highest BCUT2D eigenvalue weighted by atomic mass is 32.2. The van der Waals surface area contributed by atoms with Crippen LogP contribution in [0.25, 0.3) is 11.3 Å². The molecule has 7 nitrogen and oxygen atoms in total. The van der Waals surface area contributed by atoms with Gasteiger partial charge in [-0.3, -0.25) is 9.36 Å². The van der Waals surface area contributed by atoms with Crippen molar-refractivity contribution >= 4 is 34.1 Å². The molecule has 0 bridgehead atoms. The Morgan fingerprint density at radius 3 is 2.57 bits per heavy atom. The van der Waals surface area contributed by atoms with E-state index in [1.807, 2.05) is 22.1 Å². The van der Waals surface area contributed by atoms with Gasteiger partial charge in [0.05, 0.1) is 11.4 Å². The van der Waals surface area contributed by atoms with Gasteiger partial charge in [-0.15, -0.1) is 28.1 Å². The molecule has 0 aliphatic carbocycles. The average molecular weight is 534 g/mol. The van der Waals surface area contributed by atoms with Crippen molar-refractivity contribution in [2.75, 3.05) is 11.1 Å². The molecular weight excluding hydrogens is 502 g/mol. The topological polar surface area (TPSA) is 81.9 Å². The second-order valence-corrected chi connectivity index (χ2v) is 10.5. The molecule has 37 heavy (non-hydrogen) atoms. The number of thioether (sulfide) groups is 1. The SMILES string of the molecule is C=CCn1c(COc2ccc(CC)cc2)nnc1SCC(=O)Nc1nc(-c2c(C)cc(C)cc2C)cs1. The van der Waals surface area contributed by atoms with Crippen LogP contribution in [0, 0.1) is 20.8 Å². The van der Waals surface area contributed by atoms with Gasteiger partial charge in [-0.25, -0.2) is 4.98 Å². The van der Waals surface area contributed by atoms with Gasteiger partial charge in [0.1, 0.15) is 12.4 Å². The summed E-state index contributed by atoms with van der Waals surface area (Å²) in [6.07, 6.45) is 2.76. The number of rotatable bonds is 11. The van der Waals surface area contributed by atoms with E-state index in [-0.39, 0.29) is 18.3 Å². The van der Waals surface area contributed by atoms with Gasteiger partial charge in [-0.05, 0) is 56.0 Å². The minimum atomic E-state index is -0.148. The van der Waals surface area contributed by atoms with E-state index in [0.717, 1.165) is 23.4 Å². The maximum absolute atomic E-state index is 12.7. The highest BCUT2D eigenvalue weighted by Crippen LogP contribution is 2.31. The lowest BCUT2D eigenvalue weighted by atomic mass is 9.98. The van der Waals surface area contributed by atoms with Crippen molar-refractivity contribution in [3.8, 4) is 17.0 Å². The van der Waals surface area contributed by atoms with Gasteiger partial charge in [0.2, 0.25) is 5.91 Å². The summed E-state index contributed by atoms with van der Waals surface area (Å²) in [5.74, 6) is 1.49. The number of benzene rings is 2. The number of aromatic nitrogens is 4. The lowest BCUT2D eigenvalue weighted by molar-refractivity contribution is -0.113. The van der Waals surface area contributed by atoms with Gasteiger partial charge in [0.25, 0.3) is 0 Å². The van der Waals surface area contributed by atoms with Crippen LogP contribution in [-0.2, 0) is 24.4 Å². The quantitative estimate of drug-likeness (QED) is 0.178. The van der Waals surface area contributed by atoms with Crippen molar-refractivity contribution in [1.82, 2.24) is 19.7 Å². The summed E-state index contributed by atoms with van der Waals surface area (Å²) in [5.41, 5.74) is 6.83. The van der Waals surface area contributed by atoms with Crippen LogP contribution in [0.1, 0.15) is 35.0 Å². The molecule has 4 rings (SSSR count). The van der Waals surface area contributed by atoms with Gasteiger partial charge in [0.15, 0.2) is 16.1 Å². The molecule has 192 valence electrons. The Morgan fingerprint density at radius 2 is 1.89 bits per heavy atom. The zero-order chi connectivity index (χ0) is 26.4. The number of carbonyl (C=O) groups excluding carboxylic acids is 1. The summed E-state index contributed by atoms with van der Waals surface area (Å²) < 4.78 is 7.82. The molecule has 2 heterocycles. The van der Waals surface area contributed by atoms with Crippen molar-refractivity contribution in [3.63, 3.8) is 0 Å². The third kappa shape index (κ3) is 6.67. The first-order chi connectivity index (χ1) is 17.9. The maximum Gasteiger partial charge on any atom is 0.236 e. The van der Waals surface area contributed by atoms with Crippen molar-refractivity contribution in [2.45, 2.75) is 52.4 Å². The van der Waals surface area contributed by atoms with E-state index in [1.165, 1.54) is 45.4 Å². The number of nitrogens with zero attached hydrogens (tertiary/aromatic N) is 4. The van der Waals surface area contributed by atoms with Crippen LogP contribution in [0.3, 0.4) is 0 Å². The smallest absolute Gasteiger partial charge is 0.236 e. The Labute approximate surface area is 226 Å². The van der Waals surface area contributed by atoms with E-state index in [4.69, 9.17) is 4.74 Å². The van der Waals surface area contributed by atoms with Crippen molar-refractivity contribution in [3.05, 3.63) is 82.5 Å². The predicted molar refractivity (Wildman–Crippen MR) is 151 cm³/mol. The number of ether oxygens (including phenoxy) is 1. The van der Waals surface area contributed by atoms with E-state index in [0.29, 0.717) is 22.7 Å². The molecule has 0 aliphatic heterocycles. The largest absolute Gasteiger partial charge is 0.486 e. The Morgan fingerprint density at radius 1 is 1.16 bits per heavy atom. The summed E-state index contributed by atoms with van der Waals surface area (Å²) in [6.45, 7) is 13.0. The van der Waals surface area contributed by atoms with Crippen LogP contribution in [-0.4, -0.2) is 31.4 Å². The van der Waals surface area contributed by atoms with Crippen LogP contribution in [0.2, 0.25) is 0 Å². The Kier molecular flexibility index (Phi) is 8.78. The molecule has 0 saturated heterocycles. The Balaban J connectivity index is 1.36. The third-order valence-corrected chi connectivity index (χ3v) is 7.55. The molecule has 0 fully saturated rings. The molecule has 0 saturated carbocycles. The minimum Gasteiger partial charge on any atom is -0.486 e. The summed E-state index contributed by atoms with van der Waals surface area (Å²) in [4.78, 5) is 17.3. The normalized spacial score (nSPS) is 10.9. The first-order valence-corrected chi connectivity index (χ1v) is 14.0. The molecule has 2 aromatic carbocycles. The zero-order valence-corrected chi connectivity index (χ0v) is 23.2. The van der Waals surface area contributed by atoms with E-state index in [2.05, 4.69) is 79.0 Å². The Hall–Kier alpha value is -3.43. The number of amides is 1. The summed E-state index contributed by atoms with van der Waals surface area (Å²) in [5, 5.41) is 14.7. The predicted octanol–water partition coefficient (Wildman–Crippen LogP) is 6.39. The van der Waals surface area contributed by atoms with Crippen LogP contribution >= 0.6 is 23.1 Å². The van der Waals surface area contributed by atoms with Gasteiger partial charge in [0, 0.05) is 17.5 Å². The number of hydrogen-bond donors (Lipinski definition) is 1.